The predicted molar refractivity (Wildman–Crippen MR) is 226 cm³/mol. The van der Waals surface area contributed by atoms with Crippen molar-refractivity contribution in [2.75, 3.05) is 9.80 Å². The first kappa shape index (κ1) is 32.0. The normalized spacial score (nSPS) is 19.3. The number of allylic oxidation sites excluding steroid dienone is 8. The van der Waals surface area contributed by atoms with Gasteiger partial charge in [0.25, 0.3) is 0 Å². The minimum atomic E-state index is 0.156. The SMILES string of the molecule is C1=CC2=C(N(c3ccccc3)c3ccc(-c4ccccc4)cc3)C=CC3C=CC4=C(C1=CCC4N(c1ccccc1)c1ccc(-c4ccccc4)cc1)C23. The fourth-order valence-electron chi connectivity index (χ4n) is 8.85. The van der Waals surface area contributed by atoms with Crippen molar-refractivity contribution in [3.05, 3.63) is 240 Å². The first-order valence-electron chi connectivity index (χ1n) is 19.0. The Balaban J connectivity index is 1.08. The molecule has 54 heavy (non-hydrogen) atoms. The van der Waals surface area contributed by atoms with E-state index in [1.807, 2.05) is 0 Å². The van der Waals surface area contributed by atoms with Crippen LogP contribution in [-0.2, 0) is 0 Å². The summed E-state index contributed by atoms with van der Waals surface area (Å²) in [6, 6.07) is 61.3. The lowest BCUT2D eigenvalue weighted by Crippen LogP contribution is -2.39. The van der Waals surface area contributed by atoms with Gasteiger partial charge in [0.1, 0.15) is 0 Å². The van der Waals surface area contributed by atoms with Crippen LogP contribution < -0.4 is 9.80 Å². The molecule has 3 unspecified atom stereocenters. The van der Waals surface area contributed by atoms with Gasteiger partial charge in [0.15, 0.2) is 0 Å². The minimum absolute atomic E-state index is 0.156. The molecule has 0 heterocycles. The van der Waals surface area contributed by atoms with Crippen LogP contribution in [0.4, 0.5) is 22.7 Å². The summed E-state index contributed by atoms with van der Waals surface area (Å²) in [7, 11) is 0. The highest BCUT2D eigenvalue weighted by molar-refractivity contribution is 5.78. The van der Waals surface area contributed by atoms with Crippen LogP contribution in [0.3, 0.4) is 0 Å². The molecule has 258 valence electrons. The van der Waals surface area contributed by atoms with E-state index in [1.165, 1.54) is 61.6 Å². The van der Waals surface area contributed by atoms with E-state index >= 15 is 0 Å². The van der Waals surface area contributed by atoms with E-state index in [0.717, 1.165) is 17.8 Å². The van der Waals surface area contributed by atoms with Gasteiger partial charge >= 0.3 is 0 Å². The number of hydrogen-bond acceptors (Lipinski definition) is 2. The molecule has 0 aromatic heterocycles. The van der Waals surface area contributed by atoms with E-state index in [-0.39, 0.29) is 12.0 Å². The van der Waals surface area contributed by atoms with Gasteiger partial charge in [0, 0.05) is 40.3 Å². The first-order valence-corrected chi connectivity index (χ1v) is 19.0. The largest absolute Gasteiger partial charge is 0.334 e. The Morgan fingerprint density at radius 3 is 1.50 bits per heavy atom. The van der Waals surface area contributed by atoms with E-state index in [4.69, 9.17) is 0 Å². The van der Waals surface area contributed by atoms with E-state index < -0.39 is 0 Å². The second kappa shape index (κ2) is 13.7. The van der Waals surface area contributed by atoms with Gasteiger partial charge in [0.05, 0.1) is 6.04 Å². The maximum absolute atomic E-state index is 2.56. The minimum Gasteiger partial charge on any atom is -0.334 e. The summed E-state index contributed by atoms with van der Waals surface area (Å²) in [4.78, 5) is 5.00. The lowest BCUT2D eigenvalue weighted by Gasteiger charge is -2.45. The van der Waals surface area contributed by atoms with Gasteiger partial charge in [-0.05, 0) is 106 Å². The molecular formula is C52H40N2. The monoisotopic (exact) mass is 692 g/mol. The number of nitrogens with zero attached hydrogens (tertiary/aromatic N) is 2. The molecule has 3 atom stereocenters. The van der Waals surface area contributed by atoms with Gasteiger partial charge in [0.2, 0.25) is 0 Å². The fourth-order valence-corrected chi connectivity index (χ4v) is 8.85. The molecule has 6 aromatic rings. The van der Waals surface area contributed by atoms with E-state index in [2.05, 4.69) is 222 Å². The molecule has 0 saturated heterocycles. The molecule has 0 aliphatic heterocycles. The van der Waals surface area contributed by atoms with Gasteiger partial charge in [-0.1, -0.05) is 158 Å². The Morgan fingerprint density at radius 2 is 0.889 bits per heavy atom. The highest BCUT2D eigenvalue weighted by atomic mass is 15.2. The second-order valence-electron chi connectivity index (χ2n) is 14.4. The van der Waals surface area contributed by atoms with E-state index in [1.54, 1.807) is 0 Å². The van der Waals surface area contributed by atoms with Crippen molar-refractivity contribution in [1.29, 1.82) is 0 Å². The van der Waals surface area contributed by atoms with Crippen molar-refractivity contribution < 1.29 is 0 Å². The Morgan fingerprint density at radius 1 is 0.407 bits per heavy atom. The third-order valence-corrected chi connectivity index (χ3v) is 11.4. The van der Waals surface area contributed by atoms with E-state index in [0.29, 0.717) is 5.92 Å². The average Bonchev–Trinajstić information content (AvgIpc) is 3.26. The van der Waals surface area contributed by atoms with Gasteiger partial charge in [-0.2, -0.15) is 0 Å². The van der Waals surface area contributed by atoms with Crippen molar-refractivity contribution in [1.82, 2.24) is 0 Å². The molecule has 0 N–H and O–H groups in total. The molecular weight excluding hydrogens is 653 g/mol. The van der Waals surface area contributed by atoms with Crippen molar-refractivity contribution in [2.45, 2.75) is 12.5 Å². The molecule has 4 aliphatic rings. The molecule has 2 heteroatoms. The number of rotatable bonds is 8. The van der Waals surface area contributed by atoms with Crippen molar-refractivity contribution >= 4 is 22.7 Å². The van der Waals surface area contributed by atoms with Crippen LogP contribution in [0.1, 0.15) is 6.42 Å². The van der Waals surface area contributed by atoms with Crippen LogP contribution >= 0.6 is 0 Å². The summed E-state index contributed by atoms with van der Waals surface area (Å²) < 4.78 is 0. The standard InChI is InChI=1S/C52H40N2/c1-5-13-37(14-6-1)39-21-29-45(30-22-39)53(43-17-9-3-10-18-43)49-35-27-41-26-34-48-50(36-28-42-25-33-47(49)51(41)52(42)48)54(44-19-11-4-12-20-44)46-31-23-40(24-32-46)38-15-7-2-8-16-38/h1-35,41,50-51H,36H2. The molecule has 0 bridgehead atoms. The zero-order valence-electron chi connectivity index (χ0n) is 30.0. The topological polar surface area (TPSA) is 6.48 Å². The average molecular weight is 693 g/mol. The molecule has 0 fully saturated rings. The number of benzene rings is 6. The van der Waals surface area contributed by atoms with E-state index in [9.17, 15) is 0 Å². The third-order valence-electron chi connectivity index (χ3n) is 11.4. The van der Waals surface area contributed by atoms with Crippen molar-refractivity contribution in [2.24, 2.45) is 11.8 Å². The second-order valence-corrected chi connectivity index (χ2v) is 14.4. The molecule has 0 radical (unpaired) electrons. The quantitative estimate of drug-likeness (QED) is 0.157. The van der Waals surface area contributed by atoms with Crippen molar-refractivity contribution in [3.63, 3.8) is 0 Å². The van der Waals surface area contributed by atoms with Gasteiger partial charge < -0.3 is 9.80 Å². The predicted octanol–water partition coefficient (Wildman–Crippen LogP) is 13.2. The van der Waals surface area contributed by atoms with Crippen LogP contribution in [0, 0.1) is 11.8 Å². The maximum Gasteiger partial charge on any atom is 0.0629 e. The van der Waals surface area contributed by atoms with Crippen LogP contribution in [-0.4, -0.2) is 6.04 Å². The lowest BCUT2D eigenvalue weighted by molar-refractivity contribution is 0.568. The lowest BCUT2D eigenvalue weighted by atomic mass is 9.64. The first-order chi connectivity index (χ1) is 26.8. The highest BCUT2D eigenvalue weighted by Gasteiger charge is 2.41. The Kier molecular flexibility index (Phi) is 8.15. The summed E-state index contributed by atoms with van der Waals surface area (Å²) in [6.45, 7) is 0. The van der Waals surface area contributed by atoms with Gasteiger partial charge in [-0.15, -0.1) is 0 Å². The fraction of sp³-hybridized carbons (Fsp3) is 0.0769. The number of anilines is 4. The third kappa shape index (κ3) is 5.68. The molecule has 0 amide bonds. The number of hydrogen-bond donors (Lipinski definition) is 0. The summed E-state index contributed by atoms with van der Waals surface area (Å²) in [5.41, 5.74) is 16.5. The molecule has 2 nitrogen and oxygen atoms in total. The zero-order valence-corrected chi connectivity index (χ0v) is 30.0. The smallest absolute Gasteiger partial charge is 0.0629 e. The molecule has 6 aromatic carbocycles. The molecule has 4 aliphatic carbocycles. The summed E-state index contributed by atoms with van der Waals surface area (Å²) >= 11 is 0. The van der Waals surface area contributed by atoms with Gasteiger partial charge in [-0.3, -0.25) is 0 Å². The summed E-state index contributed by atoms with van der Waals surface area (Å²) in [5.74, 6) is 0.528. The highest BCUT2D eigenvalue weighted by Crippen LogP contribution is 2.52. The maximum atomic E-state index is 2.56. The summed E-state index contributed by atoms with van der Waals surface area (Å²) in [5, 5.41) is 0. The van der Waals surface area contributed by atoms with Crippen LogP contribution in [0.25, 0.3) is 22.3 Å². The van der Waals surface area contributed by atoms with Crippen LogP contribution in [0.15, 0.2) is 240 Å². The van der Waals surface area contributed by atoms with Gasteiger partial charge in [-0.25, -0.2) is 0 Å². The molecule has 0 spiro atoms. The number of para-hydroxylation sites is 2. The Labute approximate surface area is 318 Å². The molecule has 10 rings (SSSR count). The Hall–Kier alpha value is -6.64. The zero-order chi connectivity index (χ0) is 35.8. The van der Waals surface area contributed by atoms with Crippen LogP contribution in [0.5, 0.6) is 0 Å². The molecule has 0 saturated carbocycles. The van der Waals surface area contributed by atoms with Crippen LogP contribution in [0.2, 0.25) is 0 Å². The van der Waals surface area contributed by atoms with Crippen molar-refractivity contribution in [3.8, 4) is 22.3 Å². The Bertz CT molecular complexity index is 2490. The summed E-state index contributed by atoms with van der Waals surface area (Å²) in [6.07, 6.45) is 17.9.